The first-order valence-corrected chi connectivity index (χ1v) is 10.7. The summed E-state index contributed by atoms with van der Waals surface area (Å²) in [6.45, 7) is 6.84. The molecule has 1 aliphatic rings. The molecule has 0 saturated heterocycles. The van der Waals surface area contributed by atoms with Gasteiger partial charge in [0.15, 0.2) is 0 Å². The van der Waals surface area contributed by atoms with E-state index in [0.717, 1.165) is 25.7 Å². The standard InChI is InChI=1S/C25H33NO3/c1-5-24(6-2)21-15-10-11-16-22(21)25(29-24,20-13-8-7-9-14-20)17-12-18-26(4)19(3)23(27)28/h7-11,13-16,19H,5-6,12,17-18H2,1-4H3,(H,27,28)/t19-,25?/m0/s1. The highest BCUT2D eigenvalue weighted by atomic mass is 16.5. The predicted octanol–water partition coefficient (Wildman–Crippen LogP) is 5.16. The molecule has 156 valence electrons. The fourth-order valence-electron chi connectivity index (χ4n) is 4.66. The third-order valence-electron chi connectivity index (χ3n) is 6.66. The van der Waals surface area contributed by atoms with Gasteiger partial charge in [0.2, 0.25) is 0 Å². The van der Waals surface area contributed by atoms with E-state index in [1.165, 1.54) is 16.7 Å². The number of nitrogens with zero attached hydrogens (tertiary/aromatic N) is 1. The fraction of sp³-hybridized carbons (Fsp3) is 0.480. The van der Waals surface area contributed by atoms with Gasteiger partial charge < -0.3 is 9.84 Å². The van der Waals surface area contributed by atoms with Gasteiger partial charge in [-0.1, -0.05) is 68.4 Å². The summed E-state index contributed by atoms with van der Waals surface area (Å²) in [5.41, 5.74) is 2.93. The van der Waals surface area contributed by atoms with Crippen LogP contribution >= 0.6 is 0 Å². The van der Waals surface area contributed by atoms with Gasteiger partial charge in [0, 0.05) is 0 Å². The number of carboxylic acids is 1. The lowest BCUT2D eigenvalue weighted by atomic mass is 9.80. The third-order valence-corrected chi connectivity index (χ3v) is 6.66. The molecule has 1 N–H and O–H groups in total. The van der Waals surface area contributed by atoms with E-state index in [0.29, 0.717) is 6.54 Å². The number of fused-ring (bicyclic) bond motifs is 1. The van der Waals surface area contributed by atoms with Crippen LogP contribution < -0.4 is 0 Å². The number of hydrogen-bond acceptors (Lipinski definition) is 3. The van der Waals surface area contributed by atoms with E-state index in [2.05, 4.69) is 62.4 Å². The second kappa shape index (κ2) is 8.68. The summed E-state index contributed by atoms with van der Waals surface area (Å²) in [6.07, 6.45) is 3.50. The van der Waals surface area contributed by atoms with Crippen LogP contribution in [0.4, 0.5) is 0 Å². The summed E-state index contributed by atoms with van der Waals surface area (Å²) in [5, 5.41) is 9.29. The normalized spacial score (nSPS) is 21.1. The lowest BCUT2D eigenvalue weighted by Crippen LogP contribution is -2.38. The molecule has 2 aromatic carbocycles. The van der Waals surface area contributed by atoms with Crippen molar-refractivity contribution in [3.63, 3.8) is 0 Å². The first-order chi connectivity index (χ1) is 13.9. The minimum absolute atomic E-state index is 0.285. The highest BCUT2D eigenvalue weighted by molar-refractivity contribution is 5.72. The first kappa shape index (κ1) is 21.5. The Morgan fingerprint density at radius 2 is 1.62 bits per heavy atom. The minimum Gasteiger partial charge on any atom is -0.480 e. The fourth-order valence-corrected chi connectivity index (χ4v) is 4.66. The van der Waals surface area contributed by atoms with Gasteiger partial charge in [-0.2, -0.15) is 0 Å². The Morgan fingerprint density at radius 1 is 1.03 bits per heavy atom. The molecule has 1 heterocycles. The van der Waals surface area contributed by atoms with Crippen molar-refractivity contribution in [3.05, 3.63) is 71.3 Å². The maximum absolute atomic E-state index is 11.3. The topological polar surface area (TPSA) is 49.8 Å². The van der Waals surface area contributed by atoms with Crippen LogP contribution in [-0.4, -0.2) is 35.6 Å². The number of carbonyl (C=O) groups is 1. The average Bonchev–Trinajstić information content (AvgIpc) is 3.05. The number of carboxylic acid groups (broad SMARTS) is 1. The molecule has 2 atom stereocenters. The molecule has 0 radical (unpaired) electrons. The minimum atomic E-state index is -0.788. The molecule has 0 amide bonds. The quantitative estimate of drug-likeness (QED) is 0.637. The van der Waals surface area contributed by atoms with Crippen LogP contribution in [0, 0.1) is 0 Å². The molecule has 3 rings (SSSR count). The van der Waals surface area contributed by atoms with Crippen molar-refractivity contribution in [1.29, 1.82) is 0 Å². The number of aliphatic carboxylic acids is 1. The molecule has 0 spiro atoms. The SMILES string of the molecule is CCC1(CC)OC(CCCN(C)[C@@H](C)C(=O)O)(c2ccccc2)c2ccccc21. The van der Waals surface area contributed by atoms with Gasteiger partial charge >= 0.3 is 5.97 Å². The van der Waals surface area contributed by atoms with Gasteiger partial charge in [0.05, 0.1) is 5.60 Å². The molecule has 1 aliphatic heterocycles. The number of benzene rings is 2. The van der Waals surface area contributed by atoms with Gasteiger partial charge in [-0.05, 0) is 62.9 Å². The van der Waals surface area contributed by atoms with E-state index in [4.69, 9.17) is 4.74 Å². The zero-order valence-electron chi connectivity index (χ0n) is 18.0. The van der Waals surface area contributed by atoms with E-state index in [9.17, 15) is 9.90 Å². The Balaban J connectivity index is 1.98. The maximum Gasteiger partial charge on any atom is 0.320 e. The number of ether oxygens (including phenoxy) is 1. The third kappa shape index (κ3) is 3.84. The van der Waals surface area contributed by atoms with Gasteiger partial charge in [0.1, 0.15) is 11.6 Å². The number of hydrogen-bond donors (Lipinski definition) is 1. The van der Waals surface area contributed by atoms with Gasteiger partial charge in [0.25, 0.3) is 0 Å². The van der Waals surface area contributed by atoms with Gasteiger partial charge in [-0.15, -0.1) is 0 Å². The molecule has 1 unspecified atom stereocenters. The van der Waals surface area contributed by atoms with E-state index < -0.39 is 17.6 Å². The van der Waals surface area contributed by atoms with Crippen molar-refractivity contribution >= 4 is 5.97 Å². The summed E-state index contributed by atoms with van der Waals surface area (Å²) in [5.74, 6) is -0.788. The Kier molecular flexibility index (Phi) is 6.45. The van der Waals surface area contributed by atoms with Crippen LogP contribution in [0.5, 0.6) is 0 Å². The molecule has 4 nitrogen and oxygen atoms in total. The molecule has 0 bridgehead atoms. The van der Waals surface area contributed by atoms with Crippen LogP contribution in [0.2, 0.25) is 0 Å². The molecule has 0 saturated carbocycles. The lowest BCUT2D eigenvalue weighted by molar-refractivity contribution is -0.142. The maximum atomic E-state index is 11.3. The Morgan fingerprint density at radius 3 is 2.21 bits per heavy atom. The van der Waals surface area contributed by atoms with E-state index in [1.807, 2.05) is 18.0 Å². The zero-order valence-corrected chi connectivity index (χ0v) is 18.0. The van der Waals surface area contributed by atoms with E-state index in [1.54, 1.807) is 6.92 Å². The Labute approximate surface area is 174 Å². The van der Waals surface area contributed by atoms with Gasteiger partial charge in [-0.25, -0.2) is 0 Å². The van der Waals surface area contributed by atoms with Crippen molar-refractivity contribution in [2.24, 2.45) is 0 Å². The van der Waals surface area contributed by atoms with E-state index in [-0.39, 0.29) is 5.60 Å². The molecule has 0 aromatic heterocycles. The number of rotatable bonds is 9. The first-order valence-electron chi connectivity index (χ1n) is 10.7. The highest BCUT2D eigenvalue weighted by Gasteiger charge is 2.52. The largest absolute Gasteiger partial charge is 0.480 e. The van der Waals surface area contributed by atoms with E-state index >= 15 is 0 Å². The van der Waals surface area contributed by atoms with Crippen molar-refractivity contribution in [1.82, 2.24) is 4.90 Å². The summed E-state index contributed by atoms with van der Waals surface area (Å²) in [6, 6.07) is 18.6. The van der Waals surface area contributed by atoms with Crippen LogP contribution in [0.3, 0.4) is 0 Å². The smallest absolute Gasteiger partial charge is 0.320 e. The molecule has 0 fully saturated rings. The second-order valence-corrected chi connectivity index (χ2v) is 8.14. The van der Waals surface area contributed by atoms with Crippen LogP contribution in [0.15, 0.2) is 54.6 Å². The lowest BCUT2D eigenvalue weighted by Gasteiger charge is -2.36. The zero-order chi connectivity index (χ0) is 21.1. The monoisotopic (exact) mass is 395 g/mol. The van der Waals surface area contributed by atoms with Crippen molar-refractivity contribution < 1.29 is 14.6 Å². The van der Waals surface area contributed by atoms with Crippen molar-refractivity contribution in [3.8, 4) is 0 Å². The Hall–Kier alpha value is -2.17. The molecule has 0 aliphatic carbocycles. The number of likely N-dealkylation sites (N-methyl/N-ethyl adjacent to an activating group) is 1. The summed E-state index contributed by atoms with van der Waals surface area (Å²) in [7, 11) is 1.87. The van der Waals surface area contributed by atoms with Crippen LogP contribution in [-0.2, 0) is 20.7 Å². The molecular formula is C25H33NO3. The highest BCUT2D eigenvalue weighted by Crippen LogP contribution is 2.55. The average molecular weight is 396 g/mol. The molecule has 29 heavy (non-hydrogen) atoms. The van der Waals surface area contributed by atoms with Crippen LogP contribution in [0.1, 0.15) is 63.1 Å². The predicted molar refractivity (Wildman–Crippen MR) is 116 cm³/mol. The van der Waals surface area contributed by atoms with Crippen molar-refractivity contribution in [2.45, 2.75) is 63.7 Å². The van der Waals surface area contributed by atoms with Crippen molar-refractivity contribution in [2.75, 3.05) is 13.6 Å². The summed E-state index contributed by atoms with van der Waals surface area (Å²) < 4.78 is 7.05. The Bertz CT molecular complexity index is 831. The summed E-state index contributed by atoms with van der Waals surface area (Å²) in [4.78, 5) is 13.2. The molecule has 4 heteroatoms. The molecular weight excluding hydrogens is 362 g/mol. The second-order valence-electron chi connectivity index (χ2n) is 8.14. The van der Waals surface area contributed by atoms with Crippen LogP contribution in [0.25, 0.3) is 0 Å². The molecule has 2 aromatic rings. The summed E-state index contributed by atoms with van der Waals surface area (Å²) >= 11 is 0. The van der Waals surface area contributed by atoms with Gasteiger partial charge in [-0.3, -0.25) is 9.69 Å².